The molecule has 2 N–H and O–H groups in total. The Kier molecular flexibility index (Phi) is 7.94. The predicted octanol–water partition coefficient (Wildman–Crippen LogP) is 2.40. The van der Waals surface area contributed by atoms with E-state index in [-0.39, 0.29) is 11.3 Å². The molecule has 0 radical (unpaired) electrons. The SMILES string of the molecule is CN=C(NCc1ccc(OCC(F)(F)F)cc1)NCC(C)(C)N1CCOCC1. The Balaban J connectivity index is 1.78. The first-order chi connectivity index (χ1) is 13.2. The van der Waals surface area contributed by atoms with Crippen LogP contribution in [0.15, 0.2) is 29.3 Å². The summed E-state index contributed by atoms with van der Waals surface area (Å²) in [6.07, 6.45) is -4.34. The summed E-state index contributed by atoms with van der Waals surface area (Å²) < 4.78 is 46.7. The summed E-state index contributed by atoms with van der Waals surface area (Å²) >= 11 is 0. The Morgan fingerprint density at radius 1 is 1.14 bits per heavy atom. The van der Waals surface area contributed by atoms with E-state index in [2.05, 4.69) is 34.4 Å². The predicted molar refractivity (Wildman–Crippen MR) is 103 cm³/mol. The van der Waals surface area contributed by atoms with Crippen molar-refractivity contribution in [1.82, 2.24) is 15.5 Å². The van der Waals surface area contributed by atoms with Gasteiger partial charge in [-0.25, -0.2) is 0 Å². The van der Waals surface area contributed by atoms with E-state index in [0.29, 0.717) is 12.5 Å². The Hall–Kier alpha value is -2.00. The number of aliphatic imine (C=N–C) groups is 1. The van der Waals surface area contributed by atoms with Gasteiger partial charge in [-0.15, -0.1) is 0 Å². The number of hydrogen-bond donors (Lipinski definition) is 2. The maximum absolute atomic E-state index is 12.2. The molecule has 0 atom stereocenters. The smallest absolute Gasteiger partial charge is 0.422 e. The van der Waals surface area contributed by atoms with Crippen LogP contribution < -0.4 is 15.4 Å². The number of nitrogens with one attached hydrogen (secondary N) is 2. The molecule has 9 heteroatoms. The number of rotatable bonds is 7. The van der Waals surface area contributed by atoms with Crippen LogP contribution in [0.1, 0.15) is 19.4 Å². The van der Waals surface area contributed by atoms with Gasteiger partial charge in [-0.3, -0.25) is 9.89 Å². The zero-order chi connectivity index (χ0) is 20.6. The van der Waals surface area contributed by atoms with Crippen molar-refractivity contribution in [3.05, 3.63) is 29.8 Å². The van der Waals surface area contributed by atoms with E-state index >= 15 is 0 Å². The Morgan fingerprint density at radius 3 is 2.36 bits per heavy atom. The minimum atomic E-state index is -4.34. The molecule has 2 rings (SSSR count). The topological polar surface area (TPSA) is 58.1 Å². The van der Waals surface area contributed by atoms with Crippen LogP contribution in [0, 0.1) is 0 Å². The fourth-order valence-electron chi connectivity index (χ4n) is 2.86. The van der Waals surface area contributed by atoms with Crippen LogP contribution >= 0.6 is 0 Å². The quantitative estimate of drug-likeness (QED) is 0.542. The van der Waals surface area contributed by atoms with Gasteiger partial charge in [-0.05, 0) is 31.5 Å². The summed E-state index contributed by atoms with van der Waals surface area (Å²) in [4.78, 5) is 6.61. The highest BCUT2D eigenvalue weighted by molar-refractivity contribution is 5.79. The lowest BCUT2D eigenvalue weighted by Gasteiger charge is -2.41. The van der Waals surface area contributed by atoms with Crippen molar-refractivity contribution >= 4 is 5.96 Å². The van der Waals surface area contributed by atoms with Crippen LogP contribution in [-0.2, 0) is 11.3 Å². The third kappa shape index (κ3) is 7.55. The summed E-state index contributed by atoms with van der Waals surface area (Å²) in [7, 11) is 1.70. The van der Waals surface area contributed by atoms with Gasteiger partial charge in [-0.1, -0.05) is 12.1 Å². The standard InChI is InChI=1S/C19H29F3N4O2/c1-18(2,26-8-10-27-11-9-26)13-25-17(23-3)24-12-15-4-6-16(7-5-15)28-14-19(20,21)22/h4-7H,8-14H2,1-3H3,(H2,23,24,25). The maximum Gasteiger partial charge on any atom is 0.422 e. The van der Waals surface area contributed by atoms with Crippen LogP contribution in [0.5, 0.6) is 5.75 Å². The van der Waals surface area contributed by atoms with Gasteiger partial charge in [0.1, 0.15) is 5.75 Å². The molecule has 158 valence electrons. The second kappa shape index (κ2) is 9.97. The summed E-state index contributed by atoms with van der Waals surface area (Å²) in [5, 5.41) is 6.54. The molecule has 1 heterocycles. The summed E-state index contributed by atoms with van der Waals surface area (Å²) in [6, 6.07) is 6.51. The van der Waals surface area contributed by atoms with Crippen molar-refractivity contribution in [1.29, 1.82) is 0 Å². The minimum absolute atomic E-state index is 0.0428. The maximum atomic E-state index is 12.2. The molecular formula is C19H29F3N4O2. The van der Waals surface area contributed by atoms with Gasteiger partial charge in [0.25, 0.3) is 0 Å². The van der Waals surface area contributed by atoms with Crippen LogP contribution in [-0.4, -0.2) is 69.1 Å². The van der Waals surface area contributed by atoms with Gasteiger partial charge in [0, 0.05) is 38.8 Å². The van der Waals surface area contributed by atoms with Crippen molar-refractivity contribution in [2.45, 2.75) is 32.1 Å². The second-order valence-corrected chi connectivity index (χ2v) is 7.24. The number of hydrogen-bond acceptors (Lipinski definition) is 4. The van der Waals surface area contributed by atoms with Crippen LogP contribution in [0.2, 0.25) is 0 Å². The Bertz CT molecular complexity index is 627. The molecule has 1 aliphatic rings. The highest BCUT2D eigenvalue weighted by Gasteiger charge is 2.29. The monoisotopic (exact) mass is 402 g/mol. The van der Waals surface area contributed by atoms with E-state index in [1.807, 2.05) is 0 Å². The number of morpholine rings is 1. The normalized spacial score (nSPS) is 16.7. The molecule has 1 saturated heterocycles. The van der Waals surface area contributed by atoms with Crippen LogP contribution in [0.25, 0.3) is 0 Å². The van der Waals surface area contributed by atoms with E-state index in [1.165, 1.54) is 12.1 Å². The van der Waals surface area contributed by atoms with E-state index < -0.39 is 12.8 Å². The zero-order valence-corrected chi connectivity index (χ0v) is 16.6. The molecule has 6 nitrogen and oxygen atoms in total. The fraction of sp³-hybridized carbons (Fsp3) is 0.632. The summed E-state index contributed by atoms with van der Waals surface area (Å²) in [6.45, 7) is 7.59. The molecule has 1 fully saturated rings. The molecule has 0 saturated carbocycles. The van der Waals surface area contributed by atoms with Crippen molar-refractivity contribution in [2.75, 3.05) is 46.5 Å². The highest BCUT2D eigenvalue weighted by Crippen LogP contribution is 2.19. The Morgan fingerprint density at radius 2 is 1.79 bits per heavy atom. The van der Waals surface area contributed by atoms with E-state index in [1.54, 1.807) is 19.2 Å². The molecule has 1 aromatic carbocycles. The van der Waals surface area contributed by atoms with Gasteiger partial charge in [0.15, 0.2) is 12.6 Å². The summed E-state index contributed by atoms with van der Waals surface area (Å²) in [5.74, 6) is 0.856. The van der Waals surface area contributed by atoms with Gasteiger partial charge < -0.3 is 20.1 Å². The van der Waals surface area contributed by atoms with Gasteiger partial charge in [0.05, 0.1) is 13.2 Å². The number of guanidine groups is 1. The summed E-state index contributed by atoms with van der Waals surface area (Å²) in [5.41, 5.74) is 0.869. The molecule has 0 unspecified atom stereocenters. The van der Waals surface area contributed by atoms with E-state index in [9.17, 15) is 13.2 Å². The highest BCUT2D eigenvalue weighted by atomic mass is 19.4. The first-order valence-electron chi connectivity index (χ1n) is 9.25. The molecule has 1 aliphatic heterocycles. The van der Waals surface area contributed by atoms with Crippen LogP contribution in [0.3, 0.4) is 0 Å². The lowest BCUT2D eigenvalue weighted by atomic mass is 10.0. The Labute approximate surface area is 164 Å². The number of ether oxygens (including phenoxy) is 2. The molecule has 1 aromatic rings. The second-order valence-electron chi connectivity index (χ2n) is 7.24. The van der Waals surface area contributed by atoms with Gasteiger partial charge in [0.2, 0.25) is 0 Å². The zero-order valence-electron chi connectivity index (χ0n) is 16.6. The number of nitrogens with zero attached hydrogens (tertiary/aromatic N) is 2. The first-order valence-corrected chi connectivity index (χ1v) is 9.25. The van der Waals surface area contributed by atoms with Crippen molar-refractivity contribution in [3.63, 3.8) is 0 Å². The number of halogens is 3. The van der Waals surface area contributed by atoms with Gasteiger partial charge >= 0.3 is 6.18 Å². The number of alkyl halides is 3. The molecule has 0 bridgehead atoms. The average Bonchev–Trinajstić information content (AvgIpc) is 2.67. The minimum Gasteiger partial charge on any atom is -0.484 e. The molecule has 0 aromatic heterocycles. The molecule has 0 spiro atoms. The largest absolute Gasteiger partial charge is 0.484 e. The molecular weight excluding hydrogens is 373 g/mol. The lowest BCUT2D eigenvalue weighted by Crippen LogP contribution is -2.56. The third-order valence-electron chi connectivity index (χ3n) is 4.57. The van der Waals surface area contributed by atoms with Crippen molar-refractivity contribution in [3.8, 4) is 5.75 Å². The molecule has 28 heavy (non-hydrogen) atoms. The number of benzene rings is 1. The van der Waals surface area contributed by atoms with Gasteiger partial charge in [-0.2, -0.15) is 13.2 Å². The van der Waals surface area contributed by atoms with Crippen molar-refractivity contribution in [2.24, 2.45) is 4.99 Å². The fourth-order valence-corrected chi connectivity index (χ4v) is 2.86. The van der Waals surface area contributed by atoms with Crippen LogP contribution in [0.4, 0.5) is 13.2 Å². The lowest BCUT2D eigenvalue weighted by molar-refractivity contribution is -0.153. The third-order valence-corrected chi connectivity index (χ3v) is 4.57. The van der Waals surface area contributed by atoms with Crippen molar-refractivity contribution < 1.29 is 22.6 Å². The molecule has 0 aliphatic carbocycles. The van der Waals surface area contributed by atoms with E-state index in [4.69, 9.17) is 9.47 Å². The average molecular weight is 402 g/mol. The van der Waals surface area contributed by atoms with E-state index in [0.717, 1.165) is 38.4 Å². The first kappa shape index (κ1) is 22.3. The molecule has 0 amide bonds.